The second kappa shape index (κ2) is 7.76. The number of hydrogen-bond donors (Lipinski definition) is 1. The van der Waals surface area contributed by atoms with Crippen LogP contribution < -0.4 is 5.73 Å². The molecular formula is C15H32N2S. The Hall–Kier alpha value is 0.270. The Morgan fingerprint density at radius 2 is 2.22 bits per heavy atom. The summed E-state index contributed by atoms with van der Waals surface area (Å²) in [6.45, 7) is 5.52. The number of likely N-dealkylation sites (N-methyl/N-ethyl adjacent to an activating group) is 1. The van der Waals surface area contributed by atoms with Crippen LogP contribution in [0.15, 0.2) is 0 Å². The van der Waals surface area contributed by atoms with Crippen LogP contribution in [-0.4, -0.2) is 42.1 Å². The Morgan fingerprint density at radius 3 is 2.78 bits per heavy atom. The van der Waals surface area contributed by atoms with Crippen LogP contribution in [0.3, 0.4) is 0 Å². The highest BCUT2D eigenvalue weighted by molar-refractivity contribution is 7.98. The summed E-state index contributed by atoms with van der Waals surface area (Å²) in [7, 11) is 2.30. The Bertz CT molecular complexity index is 235. The summed E-state index contributed by atoms with van der Waals surface area (Å²) in [5, 5.41) is 0. The van der Waals surface area contributed by atoms with E-state index in [0.29, 0.717) is 6.04 Å². The normalized spacial score (nSPS) is 30.7. The van der Waals surface area contributed by atoms with Crippen LogP contribution in [0.5, 0.6) is 0 Å². The summed E-state index contributed by atoms with van der Waals surface area (Å²) in [5.74, 6) is 2.14. The lowest BCUT2D eigenvalue weighted by Gasteiger charge is -2.49. The third-order valence-corrected chi connectivity index (χ3v) is 5.67. The van der Waals surface area contributed by atoms with Gasteiger partial charge in [-0.15, -0.1) is 0 Å². The molecular weight excluding hydrogens is 240 g/mol. The predicted octanol–water partition coefficient (Wildman–Crippen LogP) is 3.36. The Kier molecular flexibility index (Phi) is 7.04. The first-order chi connectivity index (χ1) is 8.59. The zero-order valence-electron chi connectivity index (χ0n) is 12.7. The molecule has 1 aliphatic carbocycles. The van der Waals surface area contributed by atoms with Gasteiger partial charge in [-0.2, -0.15) is 11.8 Å². The summed E-state index contributed by atoms with van der Waals surface area (Å²) in [4.78, 5) is 2.60. The van der Waals surface area contributed by atoms with Gasteiger partial charge in [0.1, 0.15) is 0 Å². The van der Waals surface area contributed by atoms with Gasteiger partial charge >= 0.3 is 0 Å². The van der Waals surface area contributed by atoms with Crippen molar-refractivity contribution in [3.05, 3.63) is 0 Å². The van der Waals surface area contributed by atoms with E-state index in [9.17, 15) is 0 Å². The van der Waals surface area contributed by atoms with E-state index >= 15 is 0 Å². The molecule has 0 bridgehead atoms. The van der Waals surface area contributed by atoms with Gasteiger partial charge in [-0.25, -0.2) is 0 Å². The lowest BCUT2D eigenvalue weighted by molar-refractivity contribution is 0.0277. The molecule has 0 aromatic rings. The van der Waals surface area contributed by atoms with Crippen molar-refractivity contribution in [2.24, 2.45) is 11.7 Å². The molecule has 1 saturated carbocycles. The summed E-state index contributed by atoms with van der Waals surface area (Å²) in [6.07, 6.45) is 10.1. The van der Waals surface area contributed by atoms with E-state index in [0.717, 1.165) is 12.5 Å². The van der Waals surface area contributed by atoms with E-state index in [4.69, 9.17) is 5.73 Å². The van der Waals surface area contributed by atoms with Crippen molar-refractivity contribution in [2.45, 2.75) is 64.0 Å². The number of nitrogens with zero attached hydrogens (tertiary/aromatic N) is 1. The average Bonchev–Trinajstić information content (AvgIpc) is 2.43. The van der Waals surface area contributed by atoms with Crippen LogP contribution in [0.25, 0.3) is 0 Å². The summed E-state index contributed by atoms with van der Waals surface area (Å²) in [6, 6.07) is 0.650. The van der Waals surface area contributed by atoms with Crippen molar-refractivity contribution in [1.29, 1.82) is 0 Å². The largest absolute Gasteiger partial charge is 0.329 e. The molecule has 18 heavy (non-hydrogen) atoms. The summed E-state index contributed by atoms with van der Waals surface area (Å²) < 4.78 is 0. The molecule has 0 saturated heterocycles. The van der Waals surface area contributed by atoms with E-state index in [2.05, 4.69) is 32.1 Å². The van der Waals surface area contributed by atoms with Gasteiger partial charge in [-0.05, 0) is 51.2 Å². The molecule has 3 unspecified atom stereocenters. The fraction of sp³-hybridized carbons (Fsp3) is 1.00. The first kappa shape index (κ1) is 16.3. The highest BCUT2D eigenvalue weighted by Crippen LogP contribution is 2.38. The maximum atomic E-state index is 6.18. The second-order valence-electron chi connectivity index (χ2n) is 6.04. The van der Waals surface area contributed by atoms with Gasteiger partial charge in [-0.3, -0.25) is 4.90 Å². The van der Waals surface area contributed by atoms with Crippen molar-refractivity contribution in [1.82, 2.24) is 4.90 Å². The van der Waals surface area contributed by atoms with Gasteiger partial charge in [0, 0.05) is 18.1 Å². The van der Waals surface area contributed by atoms with Crippen molar-refractivity contribution in [3.8, 4) is 0 Å². The maximum absolute atomic E-state index is 6.18. The first-order valence-electron chi connectivity index (χ1n) is 7.51. The van der Waals surface area contributed by atoms with Crippen LogP contribution in [0.1, 0.15) is 52.4 Å². The molecule has 2 N–H and O–H groups in total. The first-order valence-corrected chi connectivity index (χ1v) is 8.91. The van der Waals surface area contributed by atoms with Gasteiger partial charge in [0.05, 0.1) is 0 Å². The second-order valence-corrected chi connectivity index (χ2v) is 7.03. The molecule has 3 atom stereocenters. The van der Waals surface area contributed by atoms with Crippen molar-refractivity contribution in [3.63, 3.8) is 0 Å². The highest BCUT2D eigenvalue weighted by Gasteiger charge is 2.39. The van der Waals surface area contributed by atoms with E-state index in [-0.39, 0.29) is 5.54 Å². The van der Waals surface area contributed by atoms with E-state index in [1.54, 1.807) is 0 Å². The van der Waals surface area contributed by atoms with E-state index in [1.165, 1.54) is 44.3 Å². The summed E-state index contributed by atoms with van der Waals surface area (Å²) in [5.41, 5.74) is 6.45. The molecule has 2 nitrogen and oxygen atoms in total. The number of thioether (sulfide) groups is 1. The van der Waals surface area contributed by atoms with Crippen molar-refractivity contribution in [2.75, 3.05) is 25.6 Å². The minimum Gasteiger partial charge on any atom is -0.329 e. The molecule has 3 heteroatoms. The number of rotatable bonds is 7. The van der Waals surface area contributed by atoms with Gasteiger partial charge < -0.3 is 5.73 Å². The maximum Gasteiger partial charge on any atom is 0.0334 e. The molecule has 0 heterocycles. The third-order valence-electron chi connectivity index (χ3n) is 5.03. The van der Waals surface area contributed by atoms with E-state index in [1.807, 2.05) is 11.8 Å². The van der Waals surface area contributed by atoms with Crippen molar-refractivity contribution < 1.29 is 0 Å². The van der Waals surface area contributed by atoms with Crippen LogP contribution >= 0.6 is 11.8 Å². The fourth-order valence-electron chi connectivity index (χ4n) is 3.41. The van der Waals surface area contributed by atoms with Crippen LogP contribution in [-0.2, 0) is 0 Å². The Morgan fingerprint density at radius 1 is 1.50 bits per heavy atom. The molecule has 0 aliphatic heterocycles. The van der Waals surface area contributed by atoms with Crippen LogP contribution in [0, 0.1) is 5.92 Å². The highest BCUT2D eigenvalue weighted by atomic mass is 32.2. The zero-order chi connectivity index (χ0) is 13.6. The smallest absolute Gasteiger partial charge is 0.0334 e. The average molecular weight is 273 g/mol. The topological polar surface area (TPSA) is 29.3 Å². The molecule has 1 rings (SSSR count). The van der Waals surface area contributed by atoms with Crippen LogP contribution in [0.2, 0.25) is 0 Å². The molecule has 0 amide bonds. The fourth-order valence-corrected chi connectivity index (χ4v) is 3.99. The lowest BCUT2D eigenvalue weighted by Crippen LogP contribution is -2.57. The van der Waals surface area contributed by atoms with Gasteiger partial charge in [0.25, 0.3) is 0 Å². The van der Waals surface area contributed by atoms with Gasteiger partial charge in [-0.1, -0.05) is 26.2 Å². The van der Waals surface area contributed by atoms with Gasteiger partial charge in [0.2, 0.25) is 0 Å². The molecule has 108 valence electrons. The number of nitrogens with two attached hydrogens (primary N) is 1. The minimum atomic E-state index is 0.275. The lowest BCUT2D eigenvalue weighted by atomic mass is 9.73. The Balaban J connectivity index is 2.67. The Labute approximate surface area is 118 Å². The van der Waals surface area contributed by atoms with Crippen LogP contribution in [0.4, 0.5) is 0 Å². The molecule has 0 aromatic heterocycles. The SMILES string of the molecule is CCC1CCCC(CN)(N(C)C(C)CCSC)C1. The monoisotopic (exact) mass is 272 g/mol. The quantitative estimate of drug-likeness (QED) is 0.770. The standard InChI is InChI=1S/C15H32N2S/c1-5-14-7-6-9-15(11-14,12-16)17(3)13(2)8-10-18-4/h13-14H,5-12,16H2,1-4H3. The number of hydrogen-bond acceptors (Lipinski definition) is 3. The minimum absolute atomic E-state index is 0.275. The molecule has 0 spiro atoms. The van der Waals surface area contributed by atoms with Gasteiger partial charge in [0.15, 0.2) is 0 Å². The summed E-state index contributed by atoms with van der Waals surface area (Å²) >= 11 is 1.95. The molecule has 0 radical (unpaired) electrons. The van der Waals surface area contributed by atoms with Crippen molar-refractivity contribution >= 4 is 11.8 Å². The third kappa shape index (κ3) is 3.88. The molecule has 1 fully saturated rings. The molecule has 0 aromatic carbocycles. The molecule has 1 aliphatic rings. The van der Waals surface area contributed by atoms with E-state index < -0.39 is 0 Å². The predicted molar refractivity (Wildman–Crippen MR) is 84.3 cm³/mol. The zero-order valence-corrected chi connectivity index (χ0v) is 13.6.